The van der Waals surface area contributed by atoms with Gasteiger partial charge in [-0.05, 0) is 74.0 Å². The lowest BCUT2D eigenvalue weighted by Gasteiger charge is -2.16. The van der Waals surface area contributed by atoms with Crippen molar-refractivity contribution in [1.82, 2.24) is 15.3 Å². The van der Waals surface area contributed by atoms with Crippen molar-refractivity contribution in [3.8, 4) is 11.3 Å². The molecule has 1 aliphatic heterocycles. The Morgan fingerprint density at radius 2 is 2.03 bits per heavy atom. The number of aryl methyl sites for hydroxylation is 1. The molecule has 0 bridgehead atoms. The Bertz CT molecular complexity index is 1010. The summed E-state index contributed by atoms with van der Waals surface area (Å²) in [6, 6.07) is 8.38. The Kier molecular flexibility index (Phi) is 6.02. The van der Waals surface area contributed by atoms with Crippen LogP contribution in [0.15, 0.2) is 35.8 Å². The van der Waals surface area contributed by atoms with E-state index in [0.717, 1.165) is 65.9 Å². The minimum Gasteiger partial charge on any atom is -0.378 e. The quantitative estimate of drug-likeness (QED) is 0.511. The zero-order valence-electron chi connectivity index (χ0n) is 17.1. The number of hydrogen-bond donors (Lipinski definition) is 2. The zero-order chi connectivity index (χ0) is 20.3. The summed E-state index contributed by atoms with van der Waals surface area (Å²) < 4.78 is 0. The molecule has 0 saturated heterocycles. The van der Waals surface area contributed by atoms with E-state index < -0.39 is 0 Å². The number of nitrogens with zero attached hydrogens (tertiary/aromatic N) is 2. The van der Waals surface area contributed by atoms with Gasteiger partial charge in [-0.3, -0.25) is 4.98 Å². The maximum atomic E-state index is 6.53. The molecule has 2 aromatic heterocycles. The first-order valence-electron chi connectivity index (χ1n) is 10.9. The maximum Gasteiger partial charge on any atom is 0.0932 e. The number of aromatic nitrogens is 2. The summed E-state index contributed by atoms with van der Waals surface area (Å²) in [5.74, 6) is 0.954. The molecule has 156 valence electrons. The van der Waals surface area contributed by atoms with Gasteiger partial charge in [0.05, 0.1) is 33.7 Å². The Morgan fingerprint density at radius 3 is 2.87 bits per heavy atom. The van der Waals surface area contributed by atoms with Crippen LogP contribution >= 0.6 is 22.9 Å². The number of fused-ring (bicyclic) bond motifs is 1. The first-order chi connectivity index (χ1) is 14.8. The Balaban J connectivity index is 1.25. The van der Waals surface area contributed by atoms with Crippen LogP contribution in [0, 0.1) is 5.92 Å². The van der Waals surface area contributed by atoms with E-state index in [1.54, 1.807) is 11.3 Å². The van der Waals surface area contributed by atoms with Gasteiger partial charge in [0, 0.05) is 17.1 Å². The number of nitrogens with one attached hydrogen (secondary N) is 2. The number of thiazole rings is 1. The molecule has 3 heterocycles. The van der Waals surface area contributed by atoms with Crippen molar-refractivity contribution < 1.29 is 0 Å². The van der Waals surface area contributed by atoms with E-state index in [1.165, 1.54) is 35.4 Å². The van der Waals surface area contributed by atoms with Crippen LogP contribution in [-0.2, 0) is 25.8 Å². The Morgan fingerprint density at radius 1 is 1.13 bits per heavy atom. The van der Waals surface area contributed by atoms with Gasteiger partial charge in [-0.1, -0.05) is 30.5 Å². The highest BCUT2D eigenvalue weighted by Crippen LogP contribution is 2.34. The molecule has 1 saturated carbocycles. The molecule has 6 heteroatoms. The average Bonchev–Trinajstić information content (AvgIpc) is 3.53. The number of hydrogen-bond acceptors (Lipinski definition) is 5. The Labute approximate surface area is 187 Å². The second-order valence-corrected chi connectivity index (χ2v) is 9.66. The van der Waals surface area contributed by atoms with Gasteiger partial charge in [-0.2, -0.15) is 0 Å². The minimum absolute atomic E-state index is 0.660. The van der Waals surface area contributed by atoms with Crippen LogP contribution in [0.2, 0.25) is 5.02 Å². The Hall–Kier alpha value is -1.95. The molecule has 2 aliphatic rings. The molecule has 0 unspecified atom stereocenters. The van der Waals surface area contributed by atoms with Crippen LogP contribution in [0.5, 0.6) is 0 Å². The fraction of sp³-hybridized carbons (Fsp3) is 0.417. The van der Waals surface area contributed by atoms with Gasteiger partial charge >= 0.3 is 0 Å². The van der Waals surface area contributed by atoms with E-state index in [-0.39, 0.29) is 0 Å². The largest absolute Gasteiger partial charge is 0.378 e. The molecule has 0 atom stereocenters. The van der Waals surface area contributed by atoms with E-state index >= 15 is 0 Å². The van der Waals surface area contributed by atoms with Crippen molar-refractivity contribution in [2.75, 3.05) is 18.4 Å². The van der Waals surface area contributed by atoms with Crippen molar-refractivity contribution in [1.29, 1.82) is 0 Å². The first kappa shape index (κ1) is 20.0. The third-order valence-corrected chi connectivity index (χ3v) is 7.29. The monoisotopic (exact) mass is 438 g/mol. The fourth-order valence-corrected chi connectivity index (χ4v) is 5.15. The van der Waals surface area contributed by atoms with E-state index in [4.69, 9.17) is 16.6 Å². The number of benzene rings is 1. The smallest absolute Gasteiger partial charge is 0.0932 e. The lowest BCUT2D eigenvalue weighted by molar-refractivity contribution is 0.711. The maximum absolute atomic E-state index is 6.53. The third-order valence-electron chi connectivity index (χ3n) is 6.06. The summed E-state index contributed by atoms with van der Waals surface area (Å²) in [5.41, 5.74) is 6.92. The van der Waals surface area contributed by atoms with Crippen LogP contribution in [0.3, 0.4) is 0 Å². The lowest BCUT2D eigenvalue weighted by Crippen LogP contribution is -2.16. The summed E-state index contributed by atoms with van der Waals surface area (Å²) in [7, 11) is 0. The van der Waals surface area contributed by atoms with Crippen molar-refractivity contribution in [2.45, 2.75) is 45.1 Å². The molecule has 1 aromatic carbocycles. The molecule has 1 aliphatic carbocycles. The van der Waals surface area contributed by atoms with Crippen LogP contribution in [0.1, 0.15) is 41.1 Å². The van der Waals surface area contributed by atoms with Gasteiger partial charge in [0.1, 0.15) is 0 Å². The van der Waals surface area contributed by atoms with E-state index in [9.17, 15) is 0 Å². The highest BCUT2D eigenvalue weighted by molar-refractivity contribution is 7.09. The summed E-state index contributed by atoms with van der Waals surface area (Å²) in [4.78, 5) is 9.48. The average molecular weight is 439 g/mol. The van der Waals surface area contributed by atoms with Gasteiger partial charge in [-0.15, -0.1) is 11.3 Å². The predicted molar refractivity (Wildman–Crippen MR) is 125 cm³/mol. The van der Waals surface area contributed by atoms with Crippen molar-refractivity contribution >= 4 is 28.6 Å². The molecule has 1 fully saturated rings. The molecule has 3 aromatic rings. The van der Waals surface area contributed by atoms with E-state index in [0.29, 0.717) is 6.54 Å². The molecule has 0 amide bonds. The highest BCUT2D eigenvalue weighted by atomic mass is 35.5. The number of pyridine rings is 1. The van der Waals surface area contributed by atoms with Gasteiger partial charge in [0.2, 0.25) is 0 Å². The van der Waals surface area contributed by atoms with E-state index in [2.05, 4.69) is 39.2 Å². The molecule has 2 N–H and O–H groups in total. The van der Waals surface area contributed by atoms with Gasteiger partial charge in [0.15, 0.2) is 0 Å². The zero-order valence-corrected chi connectivity index (χ0v) is 18.7. The van der Waals surface area contributed by atoms with Crippen LogP contribution < -0.4 is 10.6 Å². The van der Waals surface area contributed by atoms with Crippen molar-refractivity contribution in [3.05, 3.63) is 62.7 Å². The molecule has 5 rings (SSSR count). The molecular weight excluding hydrogens is 412 g/mol. The summed E-state index contributed by atoms with van der Waals surface area (Å²) in [6.07, 6.45) is 9.20. The number of anilines is 1. The number of halogens is 1. The normalized spacial score (nSPS) is 16.2. The van der Waals surface area contributed by atoms with Crippen LogP contribution in [0.25, 0.3) is 11.3 Å². The number of rotatable bonds is 7. The lowest BCUT2D eigenvalue weighted by atomic mass is 10.0. The minimum atomic E-state index is 0.660. The molecular formula is C24H27ClN4S. The summed E-state index contributed by atoms with van der Waals surface area (Å²) >= 11 is 8.30. The van der Waals surface area contributed by atoms with Crippen molar-refractivity contribution in [2.24, 2.45) is 5.92 Å². The summed E-state index contributed by atoms with van der Waals surface area (Å²) in [6.45, 7) is 2.68. The molecule has 4 nitrogen and oxygen atoms in total. The fourth-order valence-electron chi connectivity index (χ4n) is 4.09. The van der Waals surface area contributed by atoms with Crippen LogP contribution in [0.4, 0.5) is 5.69 Å². The topological polar surface area (TPSA) is 49.8 Å². The highest BCUT2D eigenvalue weighted by Gasteiger charge is 2.21. The van der Waals surface area contributed by atoms with Crippen molar-refractivity contribution in [3.63, 3.8) is 0 Å². The second-order valence-electron chi connectivity index (χ2n) is 8.31. The summed E-state index contributed by atoms with van der Waals surface area (Å²) in [5, 5.41) is 11.2. The second kappa shape index (κ2) is 9.04. The van der Waals surface area contributed by atoms with Gasteiger partial charge in [0.25, 0.3) is 0 Å². The molecule has 0 spiro atoms. The molecule has 0 radical (unpaired) electrons. The third kappa shape index (κ3) is 4.69. The van der Waals surface area contributed by atoms with Gasteiger partial charge < -0.3 is 10.6 Å². The van der Waals surface area contributed by atoms with Crippen LogP contribution in [-0.4, -0.2) is 23.1 Å². The van der Waals surface area contributed by atoms with E-state index in [1.807, 2.05) is 12.3 Å². The predicted octanol–water partition coefficient (Wildman–Crippen LogP) is 5.50. The standard InChI is InChI=1S/C24H27ClN4S/c25-21-7-5-17-9-11-26-12-10-20(17)24(21)28-14-19-6-4-18(13-27-19)22-15-30-23(29-22)8-3-16-1-2-16/h4-7,13,15-16,26,28H,1-3,8-12,14H2. The first-order valence-corrected chi connectivity index (χ1v) is 12.2. The SMILES string of the molecule is Clc1ccc2c(c1NCc1ccc(-c3csc(CCC4CC4)n3)cn1)CCNCC2. The molecule has 30 heavy (non-hydrogen) atoms. The van der Waals surface area contributed by atoms with Gasteiger partial charge in [-0.25, -0.2) is 4.98 Å².